The fourth-order valence-corrected chi connectivity index (χ4v) is 6.41. The van der Waals surface area contributed by atoms with Crippen LogP contribution in [0.25, 0.3) is 60.9 Å². The van der Waals surface area contributed by atoms with Crippen molar-refractivity contribution < 1.29 is 0 Å². The van der Waals surface area contributed by atoms with Gasteiger partial charge in [0.1, 0.15) is 16.7 Å². The predicted octanol–water partition coefficient (Wildman–Crippen LogP) is 6.73. The van der Waals surface area contributed by atoms with Crippen molar-refractivity contribution in [2.45, 2.75) is 12.8 Å². The van der Waals surface area contributed by atoms with Gasteiger partial charge in [0.15, 0.2) is 0 Å². The van der Waals surface area contributed by atoms with Crippen molar-refractivity contribution in [3.8, 4) is 22.3 Å². The van der Waals surface area contributed by atoms with E-state index in [1.54, 1.807) is 0 Å². The van der Waals surface area contributed by atoms with E-state index >= 15 is 0 Å². The topological polar surface area (TPSA) is 43.1 Å². The summed E-state index contributed by atoms with van der Waals surface area (Å²) in [5.74, 6) is 0. The standard InChI is InChI=1S/C31H18N4/c1-2-6-20-17(5-1)13-18-14-19-15-25-21(24(19)16-23(18)20)9-10-27-28(25)34-31-22-7-3-11-32-29(22)30-26(35(27)31)8-4-12-33-30/h1-12,14,16H,13,15H2. The zero-order chi connectivity index (χ0) is 22.7. The summed E-state index contributed by atoms with van der Waals surface area (Å²) in [6.45, 7) is 0. The quantitative estimate of drug-likeness (QED) is 0.243. The highest BCUT2D eigenvalue weighted by Crippen LogP contribution is 2.46. The molecule has 0 fully saturated rings. The Kier molecular flexibility index (Phi) is 3.11. The van der Waals surface area contributed by atoms with Crippen LogP contribution in [0.1, 0.15) is 22.3 Å². The highest BCUT2D eigenvalue weighted by Gasteiger charge is 2.28. The van der Waals surface area contributed by atoms with Crippen molar-refractivity contribution in [3.05, 3.63) is 107 Å². The Bertz CT molecular complexity index is 2070. The summed E-state index contributed by atoms with van der Waals surface area (Å²) < 4.78 is 2.27. The summed E-state index contributed by atoms with van der Waals surface area (Å²) in [7, 11) is 0. The van der Waals surface area contributed by atoms with Gasteiger partial charge in [-0.05, 0) is 87.3 Å². The van der Waals surface area contributed by atoms with E-state index in [2.05, 4.69) is 70.0 Å². The molecule has 3 aromatic carbocycles. The van der Waals surface area contributed by atoms with Gasteiger partial charge in [0.2, 0.25) is 0 Å². The number of fused-ring (bicyclic) bond motifs is 15. The molecule has 7 aromatic rings. The Balaban J connectivity index is 1.36. The van der Waals surface area contributed by atoms with E-state index < -0.39 is 0 Å². The highest BCUT2D eigenvalue weighted by atomic mass is 15.0. The molecule has 162 valence electrons. The van der Waals surface area contributed by atoms with Crippen LogP contribution in [0, 0.1) is 0 Å². The number of pyridine rings is 3. The predicted molar refractivity (Wildman–Crippen MR) is 140 cm³/mol. The van der Waals surface area contributed by atoms with Gasteiger partial charge in [-0.3, -0.25) is 14.4 Å². The van der Waals surface area contributed by atoms with Gasteiger partial charge in [-0.1, -0.05) is 36.4 Å². The maximum absolute atomic E-state index is 5.26. The molecule has 0 aliphatic heterocycles. The number of hydrogen-bond acceptors (Lipinski definition) is 3. The first-order chi connectivity index (χ1) is 17.3. The van der Waals surface area contributed by atoms with Crippen LogP contribution in [-0.2, 0) is 12.8 Å². The van der Waals surface area contributed by atoms with Crippen molar-refractivity contribution >= 4 is 38.6 Å². The summed E-state index contributed by atoms with van der Waals surface area (Å²) >= 11 is 0. The number of benzene rings is 3. The molecular weight excluding hydrogens is 428 g/mol. The minimum atomic E-state index is 0.904. The molecule has 0 atom stereocenters. The lowest BCUT2D eigenvalue weighted by Gasteiger charge is -2.08. The van der Waals surface area contributed by atoms with Crippen molar-refractivity contribution in [2.75, 3.05) is 0 Å². The lowest BCUT2D eigenvalue weighted by Crippen LogP contribution is -1.94. The lowest BCUT2D eigenvalue weighted by atomic mass is 9.98. The average Bonchev–Trinajstić information content (AvgIpc) is 3.58. The normalized spacial score (nSPS) is 13.5. The molecule has 0 bridgehead atoms. The van der Waals surface area contributed by atoms with Crippen LogP contribution < -0.4 is 0 Å². The Labute approximate surface area is 200 Å². The second-order valence-corrected chi connectivity index (χ2v) is 9.68. The lowest BCUT2D eigenvalue weighted by molar-refractivity contribution is 1.22. The Morgan fingerprint density at radius 1 is 0.571 bits per heavy atom. The first-order valence-electron chi connectivity index (χ1n) is 12.0. The van der Waals surface area contributed by atoms with Gasteiger partial charge in [0, 0.05) is 24.2 Å². The molecule has 9 rings (SSSR count). The van der Waals surface area contributed by atoms with E-state index in [0.717, 1.165) is 51.5 Å². The van der Waals surface area contributed by atoms with Crippen molar-refractivity contribution in [3.63, 3.8) is 0 Å². The summed E-state index contributed by atoms with van der Waals surface area (Å²) in [5.41, 5.74) is 17.1. The largest absolute Gasteiger partial charge is 0.290 e. The van der Waals surface area contributed by atoms with Crippen LogP contribution >= 0.6 is 0 Å². The third-order valence-electron chi connectivity index (χ3n) is 7.91. The number of rotatable bonds is 0. The third-order valence-corrected chi connectivity index (χ3v) is 7.91. The molecule has 2 aliphatic carbocycles. The molecular formula is C31H18N4. The highest BCUT2D eigenvalue weighted by molar-refractivity contribution is 6.11. The third kappa shape index (κ3) is 2.15. The van der Waals surface area contributed by atoms with Crippen molar-refractivity contribution in [1.29, 1.82) is 0 Å². The van der Waals surface area contributed by atoms with Crippen LogP contribution in [0.3, 0.4) is 0 Å². The fourth-order valence-electron chi connectivity index (χ4n) is 6.41. The van der Waals surface area contributed by atoms with E-state index in [1.807, 2.05) is 24.5 Å². The smallest absolute Gasteiger partial charge is 0.148 e. The van der Waals surface area contributed by atoms with Crippen LogP contribution in [0.5, 0.6) is 0 Å². The summed E-state index contributed by atoms with van der Waals surface area (Å²) in [6, 6.07) is 26.4. The van der Waals surface area contributed by atoms with Gasteiger partial charge >= 0.3 is 0 Å². The van der Waals surface area contributed by atoms with Crippen LogP contribution in [0.2, 0.25) is 0 Å². The van der Waals surface area contributed by atoms with Gasteiger partial charge in [-0.15, -0.1) is 0 Å². The zero-order valence-corrected chi connectivity index (χ0v) is 18.8. The second-order valence-electron chi connectivity index (χ2n) is 9.68. The molecule has 0 N–H and O–H groups in total. The van der Waals surface area contributed by atoms with Gasteiger partial charge in [0.05, 0.1) is 16.6 Å². The van der Waals surface area contributed by atoms with Gasteiger partial charge in [0.25, 0.3) is 0 Å². The molecule has 4 heteroatoms. The molecule has 0 saturated heterocycles. The molecule has 35 heavy (non-hydrogen) atoms. The van der Waals surface area contributed by atoms with E-state index in [4.69, 9.17) is 9.97 Å². The molecule has 0 radical (unpaired) electrons. The average molecular weight is 447 g/mol. The van der Waals surface area contributed by atoms with E-state index in [9.17, 15) is 0 Å². The summed E-state index contributed by atoms with van der Waals surface area (Å²) in [4.78, 5) is 14.6. The van der Waals surface area contributed by atoms with Gasteiger partial charge in [-0.2, -0.15) is 0 Å². The Hall–Kier alpha value is -4.57. The first-order valence-corrected chi connectivity index (χ1v) is 12.0. The van der Waals surface area contributed by atoms with E-state index in [1.165, 1.54) is 44.5 Å². The van der Waals surface area contributed by atoms with Crippen LogP contribution in [0.15, 0.2) is 85.2 Å². The number of nitrogens with zero attached hydrogens (tertiary/aromatic N) is 4. The SMILES string of the molecule is c1ccc2c(c1)Cc1cc3c(cc1-2)-c1ccc2c(nc4c5cccnc5c5ncccc5n24)c1C3. The van der Waals surface area contributed by atoms with Gasteiger partial charge in [-0.25, -0.2) is 4.98 Å². The number of imidazole rings is 1. The van der Waals surface area contributed by atoms with E-state index in [0.29, 0.717) is 0 Å². The summed E-state index contributed by atoms with van der Waals surface area (Å²) in [6.07, 6.45) is 5.62. The second kappa shape index (κ2) is 6.10. The van der Waals surface area contributed by atoms with Crippen LogP contribution in [0.4, 0.5) is 0 Å². The zero-order valence-electron chi connectivity index (χ0n) is 18.8. The minimum absolute atomic E-state index is 0.904. The van der Waals surface area contributed by atoms with Crippen LogP contribution in [-0.4, -0.2) is 19.4 Å². The molecule has 0 amide bonds. The fraction of sp³-hybridized carbons (Fsp3) is 0.0645. The molecule has 0 unspecified atom stereocenters. The molecule has 0 spiro atoms. The van der Waals surface area contributed by atoms with Crippen molar-refractivity contribution in [2.24, 2.45) is 0 Å². The maximum atomic E-state index is 5.26. The summed E-state index contributed by atoms with van der Waals surface area (Å²) in [5, 5.41) is 1.04. The Morgan fingerprint density at radius 3 is 2.34 bits per heavy atom. The first kappa shape index (κ1) is 17.8. The van der Waals surface area contributed by atoms with Crippen molar-refractivity contribution in [1.82, 2.24) is 19.4 Å². The monoisotopic (exact) mass is 446 g/mol. The molecule has 2 aliphatic rings. The number of hydrogen-bond donors (Lipinski definition) is 0. The molecule has 0 saturated carbocycles. The minimum Gasteiger partial charge on any atom is -0.290 e. The molecule has 4 aromatic heterocycles. The maximum Gasteiger partial charge on any atom is 0.148 e. The number of aromatic nitrogens is 4. The van der Waals surface area contributed by atoms with Gasteiger partial charge < -0.3 is 0 Å². The van der Waals surface area contributed by atoms with E-state index in [-0.39, 0.29) is 0 Å². The molecule has 4 heterocycles. The molecule has 4 nitrogen and oxygen atoms in total. The Morgan fingerprint density at radius 2 is 1.37 bits per heavy atom.